The number of hydrogen-bond acceptors (Lipinski definition) is 3. The second kappa shape index (κ2) is 7.38. The lowest BCUT2D eigenvalue weighted by Gasteiger charge is -2.05. The van der Waals surface area contributed by atoms with E-state index in [-0.39, 0.29) is 6.42 Å². The van der Waals surface area contributed by atoms with Gasteiger partial charge in [-0.05, 0) is 12.8 Å². The fraction of sp³-hybridized carbons (Fsp3) is 0.833. The highest BCUT2D eigenvalue weighted by molar-refractivity contribution is 4.85. The molecule has 0 aliphatic heterocycles. The number of unbranched alkanes of at least 4 members (excludes halogenated alkanes) is 4. The lowest BCUT2D eigenvalue weighted by atomic mass is 10.1. The molecule has 0 fully saturated rings. The van der Waals surface area contributed by atoms with Gasteiger partial charge < -0.3 is 4.52 Å². The second-order valence-electron chi connectivity index (χ2n) is 4.34. The van der Waals surface area contributed by atoms with E-state index in [0.717, 1.165) is 32.1 Å². The van der Waals surface area contributed by atoms with Gasteiger partial charge in [-0.15, -0.1) is 0 Å². The molecule has 0 N–H and O–H groups in total. The molecule has 1 rings (SSSR count). The first-order chi connectivity index (χ1) is 8.51. The normalized spacial score (nSPS) is 12.0. The summed E-state index contributed by atoms with van der Waals surface area (Å²) < 4.78 is 40.5. The Bertz CT molecular complexity index is 336. The summed E-state index contributed by atoms with van der Waals surface area (Å²) in [5.74, 6) is 1.33. The lowest BCUT2D eigenvalue weighted by molar-refractivity contribution is -0.135. The number of rotatable bonds is 8. The third-order valence-electron chi connectivity index (χ3n) is 2.67. The van der Waals surface area contributed by atoms with E-state index in [2.05, 4.69) is 10.1 Å². The van der Waals surface area contributed by atoms with Crippen molar-refractivity contribution >= 4 is 0 Å². The average molecular weight is 264 g/mol. The van der Waals surface area contributed by atoms with Crippen molar-refractivity contribution in [3.8, 4) is 0 Å². The smallest absolute Gasteiger partial charge is 0.339 e. The van der Waals surface area contributed by atoms with Crippen LogP contribution in [-0.4, -0.2) is 16.3 Å². The summed E-state index contributed by atoms with van der Waals surface area (Å²) >= 11 is 0. The molecule has 1 aromatic rings. The van der Waals surface area contributed by atoms with E-state index in [4.69, 9.17) is 4.52 Å². The van der Waals surface area contributed by atoms with E-state index >= 15 is 0 Å². The summed E-state index contributed by atoms with van der Waals surface area (Å²) in [7, 11) is 0. The summed E-state index contributed by atoms with van der Waals surface area (Å²) in [5.41, 5.74) is 0. The first kappa shape index (κ1) is 15.0. The zero-order valence-electron chi connectivity index (χ0n) is 10.6. The van der Waals surface area contributed by atoms with Crippen molar-refractivity contribution in [3.05, 3.63) is 11.7 Å². The van der Waals surface area contributed by atoms with Gasteiger partial charge in [-0.3, -0.25) is 0 Å². The van der Waals surface area contributed by atoms with E-state index in [0.29, 0.717) is 18.1 Å². The van der Waals surface area contributed by atoms with Crippen molar-refractivity contribution in [1.29, 1.82) is 0 Å². The minimum atomic E-state index is -4.01. The third-order valence-corrected chi connectivity index (χ3v) is 2.67. The zero-order chi connectivity index (χ0) is 13.4. The second-order valence-corrected chi connectivity index (χ2v) is 4.34. The van der Waals surface area contributed by atoms with E-state index in [1.165, 1.54) is 0 Å². The SMILES string of the molecule is CCc1nc(CCCCCCCC(F)(F)F)no1. The van der Waals surface area contributed by atoms with Crippen molar-refractivity contribution in [3.63, 3.8) is 0 Å². The molecule has 0 spiro atoms. The topological polar surface area (TPSA) is 38.9 Å². The van der Waals surface area contributed by atoms with Crippen LogP contribution in [0.5, 0.6) is 0 Å². The van der Waals surface area contributed by atoms with Crippen molar-refractivity contribution < 1.29 is 17.7 Å². The maximum absolute atomic E-state index is 11.9. The van der Waals surface area contributed by atoms with Crippen molar-refractivity contribution in [1.82, 2.24) is 10.1 Å². The van der Waals surface area contributed by atoms with Crippen LogP contribution in [-0.2, 0) is 12.8 Å². The molecule has 1 heterocycles. The molecule has 0 aliphatic carbocycles. The Morgan fingerprint density at radius 3 is 2.33 bits per heavy atom. The van der Waals surface area contributed by atoms with Crippen LogP contribution in [0, 0.1) is 0 Å². The Labute approximate surface area is 105 Å². The Kier molecular flexibility index (Phi) is 6.15. The maximum Gasteiger partial charge on any atom is 0.389 e. The third kappa shape index (κ3) is 6.61. The minimum absolute atomic E-state index is 0.228. The highest BCUT2D eigenvalue weighted by atomic mass is 19.4. The molecule has 0 aliphatic rings. The van der Waals surface area contributed by atoms with Gasteiger partial charge in [0.25, 0.3) is 0 Å². The van der Waals surface area contributed by atoms with Gasteiger partial charge in [-0.1, -0.05) is 31.3 Å². The monoisotopic (exact) mass is 264 g/mol. The van der Waals surface area contributed by atoms with Crippen LogP contribution in [0.25, 0.3) is 0 Å². The Balaban J connectivity index is 1.99. The largest absolute Gasteiger partial charge is 0.389 e. The fourth-order valence-corrected chi connectivity index (χ4v) is 1.67. The molecule has 0 unspecified atom stereocenters. The van der Waals surface area contributed by atoms with Crippen molar-refractivity contribution in [2.24, 2.45) is 0 Å². The van der Waals surface area contributed by atoms with Crippen molar-refractivity contribution in [2.45, 2.75) is 64.5 Å². The lowest BCUT2D eigenvalue weighted by Crippen LogP contribution is -2.06. The van der Waals surface area contributed by atoms with Crippen LogP contribution in [0.2, 0.25) is 0 Å². The van der Waals surface area contributed by atoms with Crippen LogP contribution in [0.4, 0.5) is 13.2 Å². The number of nitrogens with zero attached hydrogens (tertiary/aromatic N) is 2. The molecule has 104 valence electrons. The minimum Gasteiger partial charge on any atom is -0.339 e. The van der Waals surface area contributed by atoms with E-state index in [1.807, 2.05) is 6.92 Å². The van der Waals surface area contributed by atoms with Gasteiger partial charge in [0.15, 0.2) is 5.82 Å². The van der Waals surface area contributed by atoms with Gasteiger partial charge >= 0.3 is 6.18 Å². The van der Waals surface area contributed by atoms with Gasteiger partial charge in [-0.2, -0.15) is 18.2 Å². The van der Waals surface area contributed by atoms with Crippen LogP contribution < -0.4 is 0 Å². The molecular formula is C12H19F3N2O. The van der Waals surface area contributed by atoms with Gasteiger partial charge in [-0.25, -0.2) is 0 Å². The molecule has 0 amide bonds. The number of alkyl halides is 3. The molecule has 0 aromatic carbocycles. The number of aromatic nitrogens is 2. The summed E-state index contributed by atoms with van der Waals surface area (Å²) in [6.45, 7) is 1.94. The maximum atomic E-state index is 11.9. The molecular weight excluding hydrogens is 245 g/mol. The van der Waals surface area contributed by atoms with Gasteiger partial charge in [0.2, 0.25) is 5.89 Å². The fourth-order valence-electron chi connectivity index (χ4n) is 1.67. The highest BCUT2D eigenvalue weighted by Crippen LogP contribution is 2.23. The predicted molar refractivity (Wildman–Crippen MR) is 61.1 cm³/mol. The molecule has 3 nitrogen and oxygen atoms in total. The first-order valence-corrected chi connectivity index (χ1v) is 6.39. The summed E-state index contributed by atoms with van der Waals surface area (Å²) in [6, 6.07) is 0. The van der Waals surface area contributed by atoms with Crippen LogP contribution in [0.15, 0.2) is 4.52 Å². The Morgan fingerprint density at radius 2 is 1.72 bits per heavy atom. The van der Waals surface area contributed by atoms with E-state index in [1.54, 1.807) is 0 Å². The summed E-state index contributed by atoms with van der Waals surface area (Å²) in [6.07, 6.45) is 0.279. The molecule has 0 radical (unpaired) electrons. The highest BCUT2D eigenvalue weighted by Gasteiger charge is 2.25. The number of aryl methyl sites for hydroxylation is 2. The predicted octanol–water partition coefficient (Wildman–Crippen LogP) is 4.08. The molecule has 0 saturated heterocycles. The molecule has 18 heavy (non-hydrogen) atoms. The van der Waals surface area contributed by atoms with E-state index < -0.39 is 12.6 Å². The molecule has 6 heteroatoms. The number of halogens is 3. The van der Waals surface area contributed by atoms with Crippen LogP contribution in [0.3, 0.4) is 0 Å². The average Bonchev–Trinajstić information content (AvgIpc) is 2.74. The first-order valence-electron chi connectivity index (χ1n) is 6.39. The van der Waals surface area contributed by atoms with Crippen LogP contribution >= 0.6 is 0 Å². The number of hydrogen-bond donors (Lipinski definition) is 0. The molecule has 0 saturated carbocycles. The molecule has 1 aromatic heterocycles. The van der Waals surface area contributed by atoms with E-state index in [9.17, 15) is 13.2 Å². The van der Waals surface area contributed by atoms with Gasteiger partial charge in [0.05, 0.1) is 0 Å². The van der Waals surface area contributed by atoms with Gasteiger partial charge in [0, 0.05) is 19.3 Å². The molecule has 0 atom stereocenters. The summed E-state index contributed by atoms with van der Waals surface area (Å²) in [4.78, 5) is 4.17. The quantitative estimate of drug-likeness (QED) is 0.664. The van der Waals surface area contributed by atoms with Crippen molar-refractivity contribution in [2.75, 3.05) is 0 Å². The Hall–Kier alpha value is -1.07. The Morgan fingerprint density at radius 1 is 1.06 bits per heavy atom. The van der Waals surface area contributed by atoms with Gasteiger partial charge in [0.1, 0.15) is 0 Å². The summed E-state index contributed by atoms with van der Waals surface area (Å²) in [5, 5.41) is 3.82. The molecule has 0 bridgehead atoms. The van der Waals surface area contributed by atoms with Crippen LogP contribution in [0.1, 0.15) is 57.2 Å². The standard InChI is InChI=1S/C12H19F3N2O/c1-2-11-16-10(17-18-11)8-6-4-3-5-7-9-12(13,14)15/h2-9H2,1H3. The zero-order valence-corrected chi connectivity index (χ0v) is 10.6.